The van der Waals surface area contributed by atoms with Crippen molar-refractivity contribution >= 4 is 28.7 Å². The van der Waals surface area contributed by atoms with Crippen molar-refractivity contribution in [1.82, 2.24) is 24.8 Å². The number of alkyl halides is 3. The molecule has 0 unspecified atom stereocenters. The summed E-state index contributed by atoms with van der Waals surface area (Å²) >= 11 is 0. The van der Waals surface area contributed by atoms with Crippen molar-refractivity contribution < 1.29 is 27.5 Å². The molecule has 3 amide bonds. The maximum absolute atomic E-state index is 13.4. The van der Waals surface area contributed by atoms with Gasteiger partial charge in [0.15, 0.2) is 0 Å². The molecule has 1 N–H and O–H groups in total. The Bertz CT molecular complexity index is 1380. The van der Waals surface area contributed by atoms with E-state index in [0.717, 1.165) is 28.5 Å². The van der Waals surface area contributed by atoms with E-state index < -0.39 is 34.8 Å². The van der Waals surface area contributed by atoms with Gasteiger partial charge in [-0.2, -0.15) is 13.2 Å². The average molecular weight is 500 g/mol. The first kappa shape index (κ1) is 22.7. The van der Waals surface area contributed by atoms with Crippen molar-refractivity contribution in [3.63, 3.8) is 0 Å². The van der Waals surface area contributed by atoms with Gasteiger partial charge in [0.1, 0.15) is 24.1 Å². The third-order valence-corrected chi connectivity index (χ3v) is 7.68. The van der Waals surface area contributed by atoms with Crippen LogP contribution in [0, 0.1) is 0 Å². The molecule has 3 aromatic heterocycles. The standard InChI is InChI=1S/C24H23F3N6O3/c1-2-15-8-17-19(31-15)29-13-30-20(17)36-23-5-3-22(12-23,4-6-23)33-18(34)11-32(21(33)35)16-7-14(9-28-10-16)24(25,26)27/h7-10,13H,2-6,11-12H2,1H3,(H,29,30,31). The van der Waals surface area contributed by atoms with E-state index >= 15 is 0 Å². The highest BCUT2D eigenvalue weighted by Gasteiger charge is 2.63. The number of halogens is 3. The Morgan fingerprint density at radius 1 is 1.11 bits per heavy atom. The Balaban J connectivity index is 1.26. The number of urea groups is 1. The molecule has 2 saturated carbocycles. The van der Waals surface area contributed by atoms with E-state index in [0.29, 0.717) is 49.8 Å². The second-order valence-electron chi connectivity index (χ2n) is 9.80. The van der Waals surface area contributed by atoms with Gasteiger partial charge in [-0.15, -0.1) is 0 Å². The first-order valence-corrected chi connectivity index (χ1v) is 11.8. The highest BCUT2D eigenvalue weighted by molar-refractivity contribution is 6.12. The fourth-order valence-electron chi connectivity index (χ4n) is 5.91. The van der Waals surface area contributed by atoms with Crippen molar-refractivity contribution in [3.05, 3.63) is 42.1 Å². The highest BCUT2D eigenvalue weighted by atomic mass is 19.4. The molecule has 0 aromatic carbocycles. The number of carbonyl (C=O) groups excluding carboxylic acids is 2. The van der Waals surface area contributed by atoms with Gasteiger partial charge in [0, 0.05) is 18.3 Å². The summed E-state index contributed by atoms with van der Waals surface area (Å²) < 4.78 is 46.0. The van der Waals surface area contributed by atoms with E-state index in [1.165, 1.54) is 17.4 Å². The number of carbonyl (C=O) groups is 2. The number of hydrogen-bond acceptors (Lipinski definition) is 6. The molecule has 0 atom stereocenters. The SMILES string of the molecule is CCc1cc2c(OC34CCC(N5C(=O)CN(c6cncc(C(F)(F)F)c6)C5=O)(CC3)C4)ncnc2[nH]1. The van der Waals surface area contributed by atoms with Gasteiger partial charge in [-0.1, -0.05) is 6.92 Å². The number of nitrogens with one attached hydrogen (secondary N) is 1. The molecule has 36 heavy (non-hydrogen) atoms. The van der Waals surface area contributed by atoms with Crippen LogP contribution in [0.4, 0.5) is 23.7 Å². The zero-order valence-electron chi connectivity index (χ0n) is 19.4. The van der Waals surface area contributed by atoms with Crippen LogP contribution >= 0.6 is 0 Å². The number of anilines is 1. The number of imide groups is 1. The van der Waals surface area contributed by atoms with Crippen LogP contribution in [0.15, 0.2) is 30.9 Å². The van der Waals surface area contributed by atoms with Crippen LogP contribution in [0.1, 0.15) is 50.3 Å². The minimum Gasteiger partial charge on any atom is -0.470 e. The zero-order valence-corrected chi connectivity index (χ0v) is 19.4. The molecule has 1 saturated heterocycles. The van der Waals surface area contributed by atoms with Gasteiger partial charge in [0.2, 0.25) is 5.88 Å². The van der Waals surface area contributed by atoms with Gasteiger partial charge in [-0.3, -0.25) is 19.6 Å². The van der Waals surface area contributed by atoms with Crippen molar-refractivity contribution in [1.29, 1.82) is 0 Å². The quantitative estimate of drug-likeness (QED) is 0.526. The maximum atomic E-state index is 13.4. The lowest BCUT2D eigenvalue weighted by Crippen LogP contribution is -2.49. The lowest BCUT2D eigenvalue weighted by atomic mass is 9.91. The fourth-order valence-corrected chi connectivity index (χ4v) is 5.91. The highest BCUT2D eigenvalue weighted by Crippen LogP contribution is 2.56. The third-order valence-electron chi connectivity index (χ3n) is 7.68. The average Bonchev–Trinajstić information content (AvgIpc) is 3.59. The van der Waals surface area contributed by atoms with Crippen LogP contribution in [0.5, 0.6) is 5.88 Å². The first-order chi connectivity index (χ1) is 17.1. The normalized spacial score (nSPS) is 26.0. The number of aryl methyl sites for hydroxylation is 1. The summed E-state index contributed by atoms with van der Waals surface area (Å²) in [5.41, 5.74) is -0.655. The number of nitrogens with zero attached hydrogens (tertiary/aromatic N) is 5. The van der Waals surface area contributed by atoms with Gasteiger partial charge in [0.25, 0.3) is 5.91 Å². The number of H-pyrrole nitrogens is 1. The molecule has 3 fully saturated rings. The fraction of sp³-hybridized carbons (Fsp3) is 0.458. The molecular formula is C24H23F3N6O3. The Labute approximate surface area is 203 Å². The van der Waals surface area contributed by atoms with Crippen molar-refractivity contribution in [2.45, 2.75) is 62.8 Å². The third kappa shape index (κ3) is 3.41. The molecule has 1 aliphatic heterocycles. The monoisotopic (exact) mass is 500 g/mol. The van der Waals surface area contributed by atoms with E-state index in [-0.39, 0.29) is 12.2 Å². The molecule has 12 heteroatoms. The van der Waals surface area contributed by atoms with Gasteiger partial charge >= 0.3 is 12.2 Å². The number of rotatable bonds is 5. The van der Waals surface area contributed by atoms with Gasteiger partial charge in [0.05, 0.1) is 28.4 Å². The van der Waals surface area contributed by atoms with Crippen LogP contribution in [0.3, 0.4) is 0 Å². The molecule has 6 rings (SSSR count). The number of aromatic amines is 1. The second kappa shape index (κ2) is 7.65. The number of fused-ring (bicyclic) bond motifs is 3. The molecule has 3 aliphatic rings. The summed E-state index contributed by atoms with van der Waals surface area (Å²) in [7, 11) is 0. The largest absolute Gasteiger partial charge is 0.470 e. The molecule has 0 radical (unpaired) electrons. The van der Waals surface area contributed by atoms with Gasteiger partial charge in [-0.25, -0.2) is 14.8 Å². The van der Waals surface area contributed by atoms with Crippen LogP contribution in [-0.2, 0) is 17.4 Å². The van der Waals surface area contributed by atoms with Gasteiger partial charge in [-0.05, 0) is 44.2 Å². The molecule has 3 aromatic rings. The number of hydrogen-bond donors (Lipinski definition) is 1. The molecule has 9 nitrogen and oxygen atoms in total. The lowest BCUT2D eigenvalue weighted by molar-refractivity contribution is -0.137. The predicted molar refractivity (Wildman–Crippen MR) is 121 cm³/mol. The molecule has 0 spiro atoms. The Hall–Kier alpha value is -3.70. The number of amides is 3. The molecule has 2 aliphatic carbocycles. The maximum Gasteiger partial charge on any atom is 0.417 e. The minimum absolute atomic E-state index is 0.0526. The summed E-state index contributed by atoms with van der Waals surface area (Å²) in [5, 5.41) is 0.782. The van der Waals surface area contributed by atoms with Crippen LogP contribution in [-0.4, -0.2) is 54.5 Å². The van der Waals surface area contributed by atoms with E-state index in [4.69, 9.17) is 4.74 Å². The van der Waals surface area contributed by atoms with Crippen molar-refractivity contribution in [2.75, 3.05) is 11.4 Å². The number of pyridine rings is 1. The van der Waals surface area contributed by atoms with Crippen LogP contribution < -0.4 is 9.64 Å². The predicted octanol–water partition coefficient (Wildman–Crippen LogP) is 4.24. The Morgan fingerprint density at radius 3 is 2.61 bits per heavy atom. The second-order valence-corrected chi connectivity index (χ2v) is 9.80. The number of aromatic nitrogens is 4. The van der Waals surface area contributed by atoms with E-state index in [2.05, 4.69) is 19.9 Å². The number of ether oxygens (including phenoxy) is 1. The van der Waals surface area contributed by atoms with Crippen molar-refractivity contribution in [3.8, 4) is 5.88 Å². The summed E-state index contributed by atoms with van der Waals surface area (Å²) in [6.45, 7) is 1.70. The molecular weight excluding hydrogens is 477 g/mol. The first-order valence-electron chi connectivity index (χ1n) is 11.8. The Morgan fingerprint density at radius 2 is 1.89 bits per heavy atom. The van der Waals surface area contributed by atoms with Crippen molar-refractivity contribution in [2.24, 2.45) is 0 Å². The van der Waals surface area contributed by atoms with E-state index in [1.54, 1.807) is 0 Å². The smallest absolute Gasteiger partial charge is 0.417 e. The molecule has 4 heterocycles. The topological polar surface area (TPSA) is 104 Å². The van der Waals surface area contributed by atoms with Crippen LogP contribution in [0.25, 0.3) is 11.0 Å². The summed E-state index contributed by atoms with van der Waals surface area (Å²) in [6, 6.07) is 2.19. The summed E-state index contributed by atoms with van der Waals surface area (Å²) in [5.74, 6) is 0.0298. The minimum atomic E-state index is -4.61. The molecule has 2 bridgehead atoms. The van der Waals surface area contributed by atoms with E-state index in [1.807, 2.05) is 13.0 Å². The van der Waals surface area contributed by atoms with E-state index in [9.17, 15) is 22.8 Å². The van der Waals surface area contributed by atoms with Gasteiger partial charge < -0.3 is 9.72 Å². The summed E-state index contributed by atoms with van der Waals surface area (Å²) in [4.78, 5) is 44.2. The summed E-state index contributed by atoms with van der Waals surface area (Å²) in [6.07, 6.45) is 2.32. The van der Waals surface area contributed by atoms with Crippen LogP contribution in [0.2, 0.25) is 0 Å². The molecule has 188 valence electrons. The lowest BCUT2D eigenvalue weighted by Gasteiger charge is -2.34. The zero-order chi connectivity index (χ0) is 25.3. The Kier molecular flexibility index (Phi) is 4.83.